The van der Waals surface area contributed by atoms with E-state index in [-0.39, 0.29) is 17.9 Å². The molecule has 0 unspecified atom stereocenters. The molecule has 8 heteroatoms. The lowest BCUT2D eigenvalue weighted by molar-refractivity contribution is -0.139. The van der Waals surface area contributed by atoms with Crippen LogP contribution in [0.4, 0.5) is 6.01 Å². The Morgan fingerprint density at radius 1 is 1.31 bits per heavy atom. The van der Waals surface area contributed by atoms with Crippen molar-refractivity contribution in [1.29, 1.82) is 0 Å². The van der Waals surface area contributed by atoms with E-state index in [2.05, 4.69) is 9.88 Å². The van der Waals surface area contributed by atoms with Crippen LogP contribution in [-0.2, 0) is 4.79 Å². The van der Waals surface area contributed by atoms with Crippen LogP contribution < -0.4 is 10.6 Å². The van der Waals surface area contributed by atoms with E-state index in [1.165, 1.54) is 0 Å². The minimum absolute atomic E-state index is 0.0393. The third-order valence-corrected chi connectivity index (χ3v) is 5.46. The predicted octanol–water partition coefficient (Wildman–Crippen LogP) is 1.62. The quantitative estimate of drug-likeness (QED) is 0.824. The molecule has 2 aliphatic rings. The molecule has 2 aliphatic heterocycles. The third-order valence-electron chi connectivity index (χ3n) is 5.23. The van der Waals surface area contributed by atoms with E-state index < -0.39 is 6.10 Å². The van der Waals surface area contributed by atoms with Gasteiger partial charge in [0.25, 0.3) is 6.01 Å². The Hall–Kier alpha value is -1.83. The molecule has 0 bridgehead atoms. The molecule has 1 amide bonds. The number of carbonyl (C=O) groups excluding carboxylic acids is 1. The van der Waals surface area contributed by atoms with Crippen LogP contribution in [0.3, 0.4) is 0 Å². The number of nitrogens with zero attached hydrogens (tertiary/aromatic N) is 3. The number of hydrogen-bond donors (Lipinski definition) is 2. The van der Waals surface area contributed by atoms with Gasteiger partial charge in [-0.25, -0.2) is 0 Å². The molecule has 0 saturated carbocycles. The maximum atomic E-state index is 12.8. The van der Waals surface area contributed by atoms with Crippen LogP contribution in [-0.4, -0.2) is 59.2 Å². The Kier molecular flexibility index (Phi) is 4.77. The highest BCUT2D eigenvalue weighted by Gasteiger charge is 2.33. The highest BCUT2D eigenvalue weighted by molar-refractivity contribution is 6.31. The average Bonchev–Trinajstić information content (AvgIpc) is 3.03. The Morgan fingerprint density at radius 3 is 2.81 bits per heavy atom. The van der Waals surface area contributed by atoms with Gasteiger partial charge in [-0.2, -0.15) is 4.98 Å². The van der Waals surface area contributed by atoms with Crippen molar-refractivity contribution in [3.63, 3.8) is 0 Å². The van der Waals surface area contributed by atoms with Gasteiger partial charge in [0, 0.05) is 49.2 Å². The summed E-state index contributed by atoms with van der Waals surface area (Å²) in [5.41, 5.74) is 7.38. The largest absolute Gasteiger partial charge is 0.423 e. The zero-order chi connectivity index (χ0) is 18.3. The highest BCUT2D eigenvalue weighted by atomic mass is 35.5. The molecule has 2 fully saturated rings. The number of likely N-dealkylation sites (tertiary alicyclic amines) is 1. The van der Waals surface area contributed by atoms with Crippen LogP contribution in [0.25, 0.3) is 11.1 Å². The second-order valence-electron chi connectivity index (χ2n) is 7.26. The second-order valence-corrected chi connectivity index (χ2v) is 7.70. The monoisotopic (exact) mass is 378 g/mol. The lowest BCUT2D eigenvalue weighted by Gasteiger charge is -2.38. The number of nitrogens with two attached hydrogens (primary N) is 1. The molecular weight excluding hydrogens is 356 g/mol. The Morgan fingerprint density at radius 2 is 2.08 bits per heavy atom. The summed E-state index contributed by atoms with van der Waals surface area (Å²) in [4.78, 5) is 21.1. The van der Waals surface area contributed by atoms with Gasteiger partial charge >= 0.3 is 0 Å². The molecule has 1 aromatic heterocycles. The number of oxazole rings is 1. The first-order valence-electron chi connectivity index (χ1n) is 9.03. The van der Waals surface area contributed by atoms with Crippen molar-refractivity contribution in [2.24, 2.45) is 11.7 Å². The van der Waals surface area contributed by atoms with E-state index in [1.54, 1.807) is 17.0 Å². The van der Waals surface area contributed by atoms with Crippen molar-refractivity contribution in [1.82, 2.24) is 9.88 Å². The van der Waals surface area contributed by atoms with Gasteiger partial charge in [-0.15, -0.1) is 0 Å². The number of anilines is 1. The summed E-state index contributed by atoms with van der Waals surface area (Å²) in [7, 11) is 0. The molecule has 2 atom stereocenters. The molecule has 2 aromatic rings. The van der Waals surface area contributed by atoms with Crippen molar-refractivity contribution in [3.05, 3.63) is 23.2 Å². The number of halogens is 1. The fourth-order valence-electron chi connectivity index (χ4n) is 3.89. The molecule has 1 aromatic carbocycles. The van der Waals surface area contributed by atoms with Crippen LogP contribution in [0, 0.1) is 5.92 Å². The van der Waals surface area contributed by atoms with E-state index in [9.17, 15) is 9.90 Å². The maximum Gasteiger partial charge on any atom is 0.298 e. The zero-order valence-corrected chi connectivity index (χ0v) is 15.2. The van der Waals surface area contributed by atoms with Gasteiger partial charge in [0.05, 0.1) is 6.10 Å². The van der Waals surface area contributed by atoms with Crippen molar-refractivity contribution in [2.45, 2.75) is 31.4 Å². The van der Waals surface area contributed by atoms with Gasteiger partial charge in [-0.1, -0.05) is 11.6 Å². The molecule has 7 nitrogen and oxygen atoms in total. The van der Waals surface area contributed by atoms with E-state index >= 15 is 0 Å². The number of fused-ring (bicyclic) bond motifs is 1. The summed E-state index contributed by atoms with van der Waals surface area (Å²) in [5.74, 6) is 0.0609. The minimum atomic E-state index is -0.519. The van der Waals surface area contributed by atoms with E-state index in [0.717, 1.165) is 18.4 Å². The summed E-state index contributed by atoms with van der Waals surface area (Å²) >= 11 is 5.99. The number of carbonyl (C=O) groups is 1. The fourth-order valence-corrected chi connectivity index (χ4v) is 4.05. The standard InChI is InChI=1S/C18H23ClN4O3/c19-12-1-2-15-16(7-12)26-18(21-15)22-5-3-11(4-6-22)17(25)23-9-13(20)8-14(24)10-23/h1-2,7,11,13-14,24H,3-6,8-10,20H2/t13-,14+/m0/s1. The minimum Gasteiger partial charge on any atom is -0.423 e. The van der Waals surface area contributed by atoms with Crippen molar-refractivity contribution in [3.8, 4) is 0 Å². The molecule has 3 N–H and O–H groups in total. The van der Waals surface area contributed by atoms with Gasteiger partial charge < -0.3 is 25.1 Å². The SMILES string of the molecule is N[C@H]1C[C@@H](O)CN(C(=O)C2CCN(c3nc4ccc(Cl)cc4o3)CC2)C1. The lowest BCUT2D eigenvalue weighted by atomic mass is 9.93. The molecule has 140 valence electrons. The molecule has 26 heavy (non-hydrogen) atoms. The van der Waals surface area contributed by atoms with Crippen molar-refractivity contribution >= 4 is 34.6 Å². The Labute approximate surface area is 156 Å². The summed E-state index contributed by atoms with van der Waals surface area (Å²) < 4.78 is 5.81. The van der Waals surface area contributed by atoms with Gasteiger partial charge in [0.2, 0.25) is 5.91 Å². The number of aliphatic hydroxyl groups excluding tert-OH is 1. The summed E-state index contributed by atoms with van der Waals surface area (Å²) in [6.07, 6.45) is 1.51. The maximum absolute atomic E-state index is 12.8. The molecule has 2 saturated heterocycles. The topological polar surface area (TPSA) is 95.8 Å². The van der Waals surface area contributed by atoms with Crippen LogP contribution in [0.5, 0.6) is 0 Å². The van der Waals surface area contributed by atoms with E-state index in [1.807, 2.05) is 6.07 Å². The first-order valence-corrected chi connectivity index (χ1v) is 9.41. The van der Waals surface area contributed by atoms with Gasteiger partial charge in [-0.05, 0) is 31.4 Å². The van der Waals surface area contributed by atoms with Crippen LogP contribution >= 0.6 is 11.6 Å². The number of β-amino-alcohol motifs (C(OH)–C–C–N with tert-alkyl or cyclic N) is 1. The number of piperidine rings is 2. The van der Waals surface area contributed by atoms with E-state index in [0.29, 0.717) is 49.2 Å². The molecule has 4 rings (SSSR count). The molecule has 0 radical (unpaired) electrons. The summed E-state index contributed by atoms with van der Waals surface area (Å²) in [5, 5.41) is 10.5. The van der Waals surface area contributed by atoms with Gasteiger partial charge in [0.1, 0.15) is 5.52 Å². The Bertz CT molecular complexity index is 793. The van der Waals surface area contributed by atoms with E-state index in [4.69, 9.17) is 21.8 Å². The first kappa shape index (κ1) is 17.6. The smallest absolute Gasteiger partial charge is 0.298 e. The van der Waals surface area contributed by atoms with Crippen molar-refractivity contribution in [2.75, 3.05) is 31.1 Å². The number of aliphatic hydroxyl groups is 1. The predicted molar refractivity (Wildman–Crippen MR) is 99.1 cm³/mol. The number of amides is 1. The third kappa shape index (κ3) is 3.51. The molecule has 0 aliphatic carbocycles. The normalized spacial score (nSPS) is 25.0. The number of aromatic nitrogens is 1. The number of benzene rings is 1. The zero-order valence-electron chi connectivity index (χ0n) is 14.5. The number of hydrogen-bond acceptors (Lipinski definition) is 6. The van der Waals surface area contributed by atoms with Crippen LogP contribution in [0.2, 0.25) is 5.02 Å². The summed E-state index contributed by atoms with van der Waals surface area (Å²) in [6, 6.07) is 5.82. The average molecular weight is 379 g/mol. The summed E-state index contributed by atoms with van der Waals surface area (Å²) in [6.45, 7) is 2.33. The molecule has 0 spiro atoms. The lowest BCUT2D eigenvalue weighted by Crippen LogP contribution is -2.53. The highest BCUT2D eigenvalue weighted by Crippen LogP contribution is 2.29. The van der Waals surface area contributed by atoms with Gasteiger partial charge in [-0.3, -0.25) is 4.79 Å². The van der Waals surface area contributed by atoms with Gasteiger partial charge in [0.15, 0.2) is 5.58 Å². The van der Waals surface area contributed by atoms with Crippen LogP contribution in [0.15, 0.2) is 22.6 Å². The van der Waals surface area contributed by atoms with Crippen LogP contribution in [0.1, 0.15) is 19.3 Å². The Balaban J connectivity index is 1.39. The number of rotatable bonds is 2. The molecular formula is C18H23ClN4O3. The second kappa shape index (κ2) is 7.06. The fraction of sp³-hybridized carbons (Fsp3) is 0.556. The molecule has 3 heterocycles. The first-order chi connectivity index (χ1) is 12.5. The van der Waals surface area contributed by atoms with Crippen molar-refractivity contribution < 1.29 is 14.3 Å².